The number of aromatic nitrogens is 1. The Morgan fingerprint density at radius 1 is 0.963 bits per heavy atom. The summed E-state index contributed by atoms with van der Waals surface area (Å²) in [6.45, 7) is 4.05. The molecule has 6 nitrogen and oxygen atoms in total. The Morgan fingerprint density at radius 3 is 2.41 bits per heavy atom. The molecular weight excluding hydrogens is 340 g/mol. The molecule has 2 N–H and O–H groups in total. The zero-order chi connectivity index (χ0) is 18.8. The number of anilines is 2. The summed E-state index contributed by atoms with van der Waals surface area (Å²) in [7, 11) is 2.13. The number of nitrogens with zero attached hydrogens (tertiary/aromatic N) is 2. The molecule has 1 aliphatic heterocycles. The number of ketones is 1. The highest BCUT2D eigenvalue weighted by molar-refractivity contribution is 6.48. The van der Waals surface area contributed by atoms with Crippen molar-refractivity contribution in [1.29, 1.82) is 0 Å². The summed E-state index contributed by atoms with van der Waals surface area (Å²) in [6, 6.07) is 15.1. The van der Waals surface area contributed by atoms with Gasteiger partial charge in [-0.1, -0.05) is 18.2 Å². The van der Waals surface area contributed by atoms with Crippen LogP contribution in [0.4, 0.5) is 11.4 Å². The van der Waals surface area contributed by atoms with Gasteiger partial charge in [0.05, 0.1) is 5.56 Å². The number of para-hydroxylation sites is 1. The van der Waals surface area contributed by atoms with Crippen LogP contribution in [0.5, 0.6) is 0 Å². The Labute approximate surface area is 157 Å². The van der Waals surface area contributed by atoms with Gasteiger partial charge in [-0.15, -0.1) is 0 Å². The van der Waals surface area contributed by atoms with E-state index in [-0.39, 0.29) is 0 Å². The lowest BCUT2D eigenvalue weighted by atomic mass is 10.1. The third kappa shape index (κ3) is 3.57. The molecule has 1 aromatic heterocycles. The number of Topliss-reactive ketones (excluding diaryl/α,β-unsaturated/α-hetero) is 1. The number of carbonyl (C=O) groups excluding carboxylic acids is 2. The molecule has 0 atom stereocenters. The first-order valence-corrected chi connectivity index (χ1v) is 9.07. The van der Waals surface area contributed by atoms with Crippen molar-refractivity contribution in [3.05, 3.63) is 60.3 Å². The molecule has 2 aromatic carbocycles. The number of carbonyl (C=O) groups is 2. The molecule has 4 rings (SSSR count). The van der Waals surface area contributed by atoms with Gasteiger partial charge in [0.15, 0.2) is 0 Å². The fourth-order valence-corrected chi connectivity index (χ4v) is 3.39. The third-order valence-electron chi connectivity index (χ3n) is 5.03. The topological polar surface area (TPSA) is 68.4 Å². The van der Waals surface area contributed by atoms with E-state index < -0.39 is 11.7 Å². The van der Waals surface area contributed by atoms with E-state index in [1.54, 1.807) is 6.20 Å². The smallest absolute Gasteiger partial charge is 0.296 e. The van der Waals surface area contributed by atoms with Crippen LogP contribution in [0.1, 0.15) is 10.4 Å². The molecule has 0 spiro atoms. The largest absolute Gasteiger partial charge is 0.369 e. The van der Waals surface area contributed by atoms with E-state index in [0.717, 1.165) is 42.8 Å². The molecule has 0 unspecified atom stereocenters. The Hall–Kier alpha value is -3.12. The lowest BCUT2D eigenvalue weighted by Gasteiger charge is -2.34. The number of H-pyrrole nitrogens is 1. The molecule has 0 bridgehead atoms. The van der Waals surface area contributed by atoms with Crippen LogP contribution in [0, 0.1) is 0 Å². The second-order valence-electron chi connectivity index (χ2n) is 6.87. The number of piperazine rings is 1. The molecule has 0 aliphatic carbocycles. The van der Waals surface area contributed by atoms with Gasteiger partial charge in [0.2, 0.25) is 0 Å². The number of hydrogen-bond donors (Lipinski definition) is 2. The summed E-state index contributed by atoms with van der Waals surface area (Å²) < 4.78 is 0. The van der Waals surface area contributed by atoms with Crippen LogP contribution < -0.4 is 10.2 Å². The molecular formula is C21H22N4O2. The van der Waals surface area contributed by atoms with Gasteiger partial charge in [0.1, 0.15) is 0 Å². The number of fused-ring (bicyclic) bond motifs is 1. The van der Waals surface area contributed by atoms with E-state index in [2.05, 4.69) is 27.1 Å². The number of benzene rings is 2. The van der Waals surface area contributed by atoms with Crippen LogP contribution in [-0.4, -0.2) is 54.8 Å². The first-order valence-electron chi connectivity index (χ1n) is 9.07. The Balaban J connectivity index is 1.44. The molecule has 27 heavy (non-hydrogen) atoms. The highest BCUT2D eigenvalue weighted by Crippen LogP contribution is 2.21. The maximum atomic E-state index is 12.5. The highest BCUT2D eigenvalue weighted by Gasteiger charge is 2.20. The minimum Gasteiger partial charge on any atom is -0.369 e. The number of nitrogens with one attached hydrogen (secondary N) is 2. The van der Waals surface area contributed by atoms with Crippen LogP contribution in [0.25, 0.3) is 10.9 Å². The minimum absolute atomic E-state index is 0.386. The lowest BCUT2D eigenvalue weighted by molar-refractivity contribution is -0.112. The van der Waals surface area contributed by atoms with Crippen molar-refractivity contribution in [2.45, 2.75) is 0 Å². The summed E-state index contributed by atoms with van der Waals surface area (Å²) in [5, 5.41) is 3.46. The number of aromatic amines is 1. The Kier molecular flexibility index (Phi) is 4.64. The maximum absolute atomic E-state index is 12.5. The van der Waals surface area contributed by atoms with Crippen molar-refractivity contribution in [3.8, 4) is 0 Å². The average Bonchev–Trinajstić information content (AvgIpc) is 3.13. The zero-order valence-corrected chi connectivity index (χ0v) is 15.2. The van der Waals surface area contributed by atoms with Crippen molar-refractivity contribution >= 4 is 34.0 Å². The first-order chi connectivity index (χ1) is 13.1. The summed E-state index contributed by atoms with van der Waals surface area (Å²) >= 11 is 0. The monoisotopic (exact) mass is 362 g/mol. The van der Waals surface area contributed by atoms with E-state index in [4.69, 9.17) is 0 Å². The second-order valence-corrected chi connectivity index (χ2v) is 6.87. The predicted octanol–water partition coefficient (Wildman–Crippen LogP) is 2.74. The van der Waals surface area contributed by atoms with E-state index in [9.17, 15) is 9.59 Å². The fraction of sp³-hybridized carbons (Fsp3) is 0.238. The van der Waals surface area contributed by atoms with Crippen molar-refractivity contribution in [2.24, 2.45) is 0 Å². The number of amides is 1. The molecule has 1 amide bonds. The second kappa shape index (κ2) is 7.25. The van der Waals surface area contributed by atoms with Crippen LogP contribution >= 0.6 is 0 Å². The highest BCUT2D eigenvalue weighted by atomic mass is 16.2. The molecule has 0 saturated carbocycles. The Bertz CT molecular complexity index is 969. The quantitative estimate of drug-likeness (QED) is 0.553. The average molecular weight is 362 g/mol. The van der Waals surface area contributed by atoms with Crippen LogP contribution in [-0.2, 0) is 4.79 Å². The molecule has 0 radical (unpaired) electrons. The Morgan fingerprint density at radius 2 is 1.67 bits per heavy atom. The summed E-state index contributed by atoms with van der Waals surface area (Å²) in [4.78, 5) is 32.6. The molecule has 1 aliphatic rings. The van der Waals surface area contributed by atoms with Gasteiger partial charge in [0, 0.05) is 54.7 Å². The molecule has 3 aromatic rings. The summed E-state index contributed by atoms with van der Waals surface area (Å²) in [6.07, 6.45) is 1.59. The number of likely N-dealkylation sites (N-methyl/N-ethyl adjacent to an activating group) is 1. The lowest BCUT2D eigenvalue weighted by Crippen LogP contribution is -2.44. The van der Waals surface area contributed by atoms with E-state index in [1.807, 2.05) is 48.5 Å². The zero-order valence-electron chi connectivity index (χ0n) is 15.2. The van der Waals surface area contributed by atoms with Gasteiger partial charge in [-0.2, -0.15) is 0 Å². The normalized spacial score (nSPS) is 15.1. The van der Waals surface area contributed by atoms with Gasteiger partial charge >= 0.3 is 0 Å². The summed E-state index contributed by atoms with van der Waals surface area (Å²) in [5.41, 5.74) is 2.97. The van der Waals surface area contributed by atoms with Gasteiger partial charge in [-0.3, -0.25) is 9.59 Å². The molecule has 2 heterocycles. The maximum Gasteiger partial charge on any atom is 0.296 e. The van der Waals surface area contributed by atoms with Crippen molar-refractivity contribution in [1.82, 2.24) is 9.88 Å². The first kappa shape index (κ1) is 17.3. The van der Waals surface area contributed by atoms with Crippen LogP contribution in [0.15, 0.2) is 54.7 Å². The molecule has 1 fully saturated rings. The van der Waals surface area contributed by atoms with Gasteiger partial charge in [-0.25, -0.2) is 0 Å². The van der Waals surface area contributed by atoms with Crippen molar-refractivity contribution in [2.75, 3.05) is 43.4 Å². The van der Waals surface area contributed by atoms with Crippen molar-refractivity contribution < 1.29 is 9.59 Å². The summed E-state index contributed by atoms with van der Waals surface area (Å²) in [5.74, 6) is -1.18. The van der Waals surface area contributed by atoms with Crippen LogP contribution in [0.2, 0.25) is 0 Å². The molecule has 6 heteroatoms. The SMILES string of the molecule is CN1CCN(c2ccc(NC(=O)C(=O)c3c[nH]c4ccccc34)cc2)CC1. The number of hydrogen-bond acceptors (Lipinski definition) is 4. The molecule has 138 valence electrons. The fourth-order valence-electron chi connectivity index (χ4n) is 3.39. The predicted molar refractivity (Wildman–Crippen MR) is 107 cm³/mol. The van der Waals surface area contributed by atoms with Gasteiger partial charge < -0.3 is 20.1 Å². The standard InChI is InChI=1S/C21H22N4O2/c1-24-10-12-25(13-11-24)16-8-6-15(7-9-16)23-21(27)20(26)18-14-22-19-5-3-2-4-17(18)19/h2-9,14,22H,10-13H2,1H3,(H,23,27). The van der Waals surface area contributed by atoms with E-state index >= 15 is 0 Å². The minimum atomic E-state index is -0.632. The van der Waals surface area contributed by atoms with E-state index in [0.29, 0.717) is 11.3 Å². The van der Waals surface area contributed by atoms with Gasteiger partial charge in [0.25, 0.3) is 11.7 Å². The van der Waals surface area contributed by atoms with Gasteiger partial charge in [-0.05, 0) is 37.4 Å². The van der Waals surface area contributed by atoms with Crippen molar-refractivity contribution in [3.63, 3.8) is 0 Å². The van der Waals surface area contributed by atoms with Crippen LogP contribution in [0.3, 0.4) is 0 Å². The van der Waals surface area contributed by atoms with E-state index in [1.165, 1.54) is 0 Å². The molecule has 1 saturated heterocycles. The number of rotatable bonds is 4. The third-order valence-corrected chi connectivity index (χ3v) is 5.03.